The lowest BCUT2D eigenvalue weighted by Gasteiger charge is -2.04. The zero-order valence-corrected chi connectivity index (χ0v) is 12.2. The quantitative estimate of drug-likeness (QED) is 0.732. The summed E-state index contributed by atoms with van der Waals surface area (Å²) >= 11 is 3.36. The van der Waals surface area contributed by atoms with E-state index in [2.05, 4.69) is 21.1 Å². The fourth-order valence-corrected chi connectivity index (χ4v) is 2.51. The maximum Gasteiger partial charge on any atom is 0.230 e. The van der Waals surface area contributed by atoms with Gasteiger partial charge in [0.05, 0.1) is 5.56 Å². The van der Waals surface area contributed by atoms with Crippen LogP contribution >= 0.6 is 15.9 Å². The van der Waals surface area contributed by atoms with Crippen LogP contribution in [-0.4, -0.2) is 5.16 Å². The van der Waals surface area contributed by atoms with Gasteiger partial charge in [-0.1, -0.05) is 33.2 Å². The van der Waals surface area contributed by atoms with Gasteiger partial charge in [0, 0.05) is 16.1 Å². The number of nitrogen functional groups attached to an aromatic ring is 1. The van der Waals surface area contributed by atoms with Crippen LogP contribution in [0.25, 0.3) is 22.4 Å². The molecular weight excluding hydrogens is 342 g/mol. The first-order valence-corrected chi connectivity index (χ1v) is 6.81. The fraction of sp³-hybridized carbons (Fsp3) is 0. The highest BCUT2D eigenvalue weighted by Gasteiger charge is 2.18. The number of hydrogen-bond acceptors (Lipinski definition) is 3. The van der Waals surface area contributed by atoms with Crippen molar-refractivity contribution in [1.82, 2.24) is 5.16 Å². The van der Waals surface area contributed by atoms with E-state index in [0.29, 0.717) is 11.3 Å². The van der Waals surface area contributed by atoms with Crippen LogP contribution in [0.3, 0.4) is 0 Å². The molecule has 1 heterocycles. The van der Waals surface area contributed by atoms with Gasteiger partial charge < -0.3 is 10.3 Å². The monoisotopic (exact) mass is 350 g/mol. The first-order chi connectivity index (χ1) is 10.0. The third-order valence-corrected chi connectivity index (χ3v) is 3.46. The standard InChI is InChI=1S/C15H9BrF2N2O/c16-10-3-1-2-8(4-10)13-14(20-21-15(13)19)9-5-11(17)7-12(18)6-9/h1-7H,19H2. The van der Waals surface area contributed by atoms with Gasteiger partial charge in [0.1, 0.15) is 17.3 Å². The normalized spacial score (nSPS) is 10.8. The van der Waals surface area contributed by atoms with Crippen molar-refractivity contribution < 1.29 is 13.3 Å². The Labute approximate surface area is 127 Å². The molecule has 0 amide bonds. The highest BCUT2D eigenvalue weighted by molar-refractivity contribution is 9.10. The second-order valence-corrected chi connectivity index (χ2v) is 5.35. The third kappa shape index (κ3) is 2.67. The Kier molecular flexibility index (Phi) is 3.47. The average molecular weight is 351 g/mol. The van der Waals surface area contributed by atoms with Crippen LogP contribution in [0.1, 0.15) is 0 Å². The SMILES string of the molecule is Nc1onc(-c2cc(F)cc(F)c2)c1-c1cccc(Br)c1. The number of nitrogens with two attached hydrogens (primary N) is 1. The smallest absolute Gasteiger partial charge is 0.230 e. The van der Waals surface area contributed by atoms with Crippen molar-refractivity contribution >= 4 is 21.8 Å². The molecule has 1 aromatic heterocycles. The van der Waals surface area contributed by atoms with E-state index in [4.69, 9.17) is 10.3 Å². The van der Waals surface area contributed by atoms with Crippen LogP contribution in [0.4, 0.5) is 14.7 Å². The topological polar surface area (TPSA) is 52.0 Å². The van der Waals surface area contributed by atoms with Crippen molar-refractivity contribution in [3.8, 4) is 22.4 Å². The molecule has 2 N–H and O–H groups in total. The van der Waals surface area contributed by atoms with Gasteiger partial charge in [0.15, 0.2) is 0 Å². The Hall–Kier alpha value is -2.21. The third-order valence-electron chi connectivity index (χ3n) is 2.97. The number of nitrogens with zero attached hydrogens (tertiary/aromatic N) is 1. The molecule has 0 fully saturated rings. The van der Waals surface area contributed by atoms with Crippen molar-refractivity contribution in [3.63, 3.8) is 0 Å². The minimum absolute atomic E-state index is 0.0905. The van der Waals surface area contributed by atoms with Crippen molar-refractivity contribution in [3.05, 3.63) is 58.6 Å². The molecule has 6 heteroatoms. The molecule has 0 spiro atoms. The summed E-state index contributed by atoms with van der Waals surface area (Å²) in [5.74, 6) is -1.29. The predicted molar refractivity (Wildman–Crippen MR) is 79.4 cm³/mol. The molecule has 3 rings (SSSR count). The molecule has 0 aliphatic rings. The number of benzene rings is 2. The number of anilines is 1. The molecule has 0 aliphatic carbocycles. The first kappa shape index (κ1) is 13.8. The van der Waals surface area contributed by atoms with Crippen LogP contribution in [0.15, 0.2) is 51.5 Å². The molecule has 0 bridgehead atoms. The second kappa shape index (κ2) is 5.29. The predicted octanol–water partition coefficient (Wildman–Crippen LogP) is 4.63. The van der Waals surface area contributed by atoms with E-state index in [1.165, 1.54) is 12.1 Å². The first-order valence-electron chi connectivity index (χ1n) is 6.02. The molecule has 0 saturated heterocycles. The molecule has 3 nitrogen and oxygen atoms in total. The van der Waals surface area contributed by atoms with Crippen LogP contribution in [-0.2, 0) is 0 Å². The number of aromatic nitrogens is 1. The van der Waals surface area contributed by atoms with Gasteiger partial charge in [-0.3, -0.25) is 0 Å². The maximum absolute atomic E-state index is 13.4. The fourth-order valence-electron chi connectivity index (χ4n) is 2.11. The summed E-state index contributed by atoms with van der Waals surface area (Å²) in [4.78, 5) is 0. The highest BCUT2D eigenvalue weighted by Crippen LogP contribution is 2.37. The van der Waals surface area contributed by atoms with Crippen LogP contribution in [0.5, 0.6) is 0 Å². The highest BCUT2D eigenvalue weighted by atomic mass is 79.9. The Bertz CT molecular complexity index is 797. The molecule has 21 heavy (non-hydrogen) atoms. The molecule has 0 unspecified atom stereocenters. The van der Waals surface area contributed by atoms with Crippen LogP contribution in [0.2, 0.25) is 0 Å². The van der Waals surface area contributed by atoms with E-state index >= 15 is 0 Å². The summed E-state index contributed by atoms with van der Waals surface area (Å²) < 4.78 is 32.6. The van der Waals surface area contributed by atoms with E-state index in [1.54, 1.807) is 0 Å². The van der Waals surface area contributed by atoms with Gasteiger partial charge in [-0.15, -0.1) is 0 Å². The average Bonchev–Trinajstić information content (AvgIpc) is 2.79. The van der Waals surface area contributed by atoms with Crippen molar-refractivity contribution in [2.75, 3.05) is 5.73 Å². The Balaban J connectivity index is 2.21. The molecule has 0 atom stereocenters. The zero-order valence-electron chi connectivity index (χ0n) is 10.6. The second-order valence-electron chi connectivity index (χ2n) is 4.44. The lowest BCUT2D eigenvalue weighted by Crippen LogP contribution is -1.89. The summed E-state index contributed by atoms with van der Waals surface area (Å²) in [6.07, 6.45) is 0. The van der Waals surface area contributed by atoms with Crippen molar-refractivity contribution in [2.45, 2.75) is 0 Å². The van der Waals surface area contributed by atoms with Gasteiger partial charge in [-0.2, -0.15) is 0 Å². The van der Waals surface area contributed by atoms with Gasteiger partial charge in [-0.25, -0.2) is 8.78 Å². The van der Waals surface area contributed by atoms with E-state index < -0.39 is 11.6 Å². The van der Waals surface area contributed by atoms with Crippen LogP contribution < -0.4 is 5.73 Å². The minimum atomic E-state index is -0.688. The summed E-state index contributed by atoms with van der Waals surface area (Å²) in [6.45, 7) is 0. The molecule has 3 aromatic rings. The lowest BCUT2D eigenvalue weighted by atomic mass is 10.0. The maximum atomic E-state index is 13.4. The van der Waals surface area contributed by atoms with Gasteiger partial charge in [-0.05, 0) is 29.8 Å². The molecule has 0 radical (unpaired) electrons. The molecule has 0 saturated carbocycles. The molecule has 106 valence electrons. The van der Waals surface area contributed by atoms with Crippen molar-refractivity contribution in [1.29, 1.82) is 0 Å². The Morgan fingerprint density at radius 1 is 1.00 bits per heavy atom. The summed E-state index contributed by atoms with van der Waals surface area (Å²) in [7, 11) is 0. The zero-order chi connectivity index (χ0) is 15.0. The van der Waals surface area contributed by atoms with E-state index in [9.17, 15) is 8.78 Å². The largest absolute Gasteiger partial charge is 0.367 e. The number of halogens is 3. The molecule has 0 aliphatic heterocycles. The summed E-state index contributed by atoms with van der Waals surface area (Å²) in [5, 5.41) is 3.83. The number of hydrogen-bond donors (Lipinski definition) is 1. The Morgan fingerprint density at radius 3 is 2.38 bits per heavy atom. The van der Waals surface area contributed by atoms with Gasteiger partial charge >= 0.3 is 0 Å². The van der Waals surface area contributed by atoms with Crippen molar-refractivity contribution in [2.24, 2.45) is 0 Å². The minimum Gasteiger partial charge on any atom is -0.367 e. The summed E-state index contributed by atoms with van der Waals surface area (Å²) in [5.41, 5.74) is 7.61. The Morgan fingerprint density at radius 2 is 1.71 bits per heavy atom. The van der Waals surface area contributed by atoms with E-state index in [-0.39, 0.29) is 11.4 Å². The molecular formula is C15H9BrF2N2O. The van der Waals surface area contributed by atoms with E-state index in [0.717, 1.165) is 16.1 Å². The van der Waals surface area contributed by atoms with Crippen LogP contribution in [0, 0.1) is 11.6 Å². The lowest BCUT2D eigenvalue weighted by molar-refractivity contribution is 0.439. The molecule has 2 aromatic carbocycles. The van der Waals surface area contributed by atoms with E-state index in [1.807, 2.05) is 24.3 Å². The van der Waals surface area contributed by atoms with Gasteiger partial charge in [0.2, 0.25) is 5.88 Å². The van der Waals surface area contributed by atoms with Gasteiger partial charge in [0.25, 0.3) is 0 Å². The summed E-state index contributed by atoms with van der Waals surface area (Å²) in [6, 6.07) is 10.5. The number of rotatable bonds is 2.